The molecule has 8 nitrogen and oxygen atoms in total. The van der Waals surface area contributed by atoms with Gasteiger partial charge in [-0.25, -0.2) is 4.79 Å². The zero-order valence-electron chi connectivity index (χ0n) is 49.8. The maximum absolute atomic E-state index is 17.0. The van der Waals surface area contributed by atoms with Crippen molar-refractivity contribution >= 4 is 11.9 Å². The number of piperidine rings is 2. The first kappa shape index (κ1) is 50.0. The normalized spacial score (nSPS) is 50.7. The molecular formula is C75H91N3O5. The lowest BCUT2D eigenvalue weighted by atomic mass is 9.27. The average molecular weight is 1110 g/mol. The first-order valence-electron chi connectivity index (χ1n) is 35.1. The van der Waals surface area contributed by atoms with Gasteiger partial charge < -0.3 is 25.2 Å². The summed E-state index contributed by atoms with van der Waals surface area (Å²) in [5.74, 6) is 14.0. The summed E-state index contributed by atoms with van der Waals surface area (Å²) in [7, 11) is 0. The molecule has 3 saturated heterocycles. The molecule has 21 unspecified atom stereocenters. The first-order chi connectivity index (χ1) is 40.6. The van der Waals surface area contributed by atoms with Crippen molar-refractivity contribution in [3.8, 4) is 11.8 Å². The number of aliphatic hydroxyl groups excluding tert-OH is 1. The van der Waals surface area contributed by atoms with Crippen molar-refractivity contribution in [3.63, 3.8) is 0 Å². The lowest BCUT2D eigenvalue weighted by molar-refractivity contribution is -0.282. The van der Waals surface area contributed by atoms with Gasteiger partial charge in [0.05, 0.1) is 11.0 Å². The van der Waals surface area contributed by atoms with Gasteiger partial charge in [0.1, 0.15) is 11.2 Å². The van der Waals surface area contributed by atoms with Gasteiger partial charge in [-0.3, -0.25) is 9.69 Å². The Kier molecular flexibility index (Phi) is 9.97. The van der Waals surface area contributed by atoms with Gasteiger partial charge >= 0.3 is 11.9 Å². The third-order valence-electron chi connectivity index (χ3n) is 31.3. The smallest absolute Gasteiger partial charge is 0.339 e. The summed E-state index contributed by atoms with van der Waals surface area (Å²) < 4.78 is 15.1. The van der Waals surface area contributed by atoms with Crippen LogP contribution in [0.25, 0.3) is 0 Å². The molecule has 8 heteroatoms. The summed E-state index contributed by atoms with van der Waals surface area (Å²) in [4.78, 5) is 38.9. The van der Waals surface area contributed by atoms with Crippen LogP contribution in [0.2, 0.25) is 0 Å². The van der Waals surface area contributed by atoms with E-state index in [9.17, 15) is 5.11 Å². The van der Waals surface area contributed by atoms with Crippen molar-refractivity contribution in [1.82, 2.24) is 9.80 Å². The molecule has 10 fully saturated rings. The maximum Gasteiger partial charge on any atom is 0.339 e. The minimum Gasteiger partial charge on any atom is -0.509 e. The summed E-state index contributed by atoms with van der Waals surface area (Å²) in [5.41, 5.74) is 12.9. The minimum absolute atomic E-state index is 0.0296. The molecule has 21 rings (SSSR count). The number of allylic oxidation sites excluding steroid dienone is 5. The number of aryl methyl sites for hydroxylation is 1. The summed E-state index contributed by atoms with van der Waals surface area (Å²) in [6.45, 7) is 5.32. The van der Waals surface area contributed by atoms with Gasteiger partial charge in [-0.05, 0) is 221 Å². The van der Waals surface area contributed by atoms with E-state index in [2.05, 4.69) is 71.1 Å². The maximum atomic E-state index is 17.0. The fraction of sp³-hybridized carbons (Fsp3) is 0.733. The number of fused-ring (bicyclic) bond motifs is 7. The van der Waals surface area contributed by atoms with Crippen molar-refractivity contribution in [2.75, 3.05) is 19.6 Å². The SMILES string of the molecule is CC1CC2=C3C4C5=C6C(C=CC(C7CCCCC7)CC7C68C(=O)OC(=C(O)CC6C9CC%10(CCCC%10)C%10(CCCC%10%11CCCC%11C#CCC%10C%11CN3C3C(C2)C2C=CC3(CN6%10)C%11C2)C9)C8(CC5)C72OC(=O)c3c(CCCN)cccc32)CC14. The lowest BCUT2D eigenvalue weighted by Gasteiger charge is -2.75. The molecule has 0 aromatic heterocycles. The molecule has 21 atom stereocenters. The van der Waals surface area contributed by atoms with Crippen LogP contribution in [-0.4, -0.2) is 64.6 Å². The average Bonchev–Trinajstić information content (AvgIpc) is 1.54. The number of hydrogen-bond donors (Lipinski definition) is 2. The van der Waals surface area contributed by atoms with Crippen LogP contribution in [0.4, 0.5) is 0 Å². The quantitative estimate of drug-likeness (QED) is 0.175. The Morgan fingerprint density at radius 2 is 1.71 bits per heavy atom. The topological polar surface area (TPSA) is 105 Å². The number of carbonyl (C=O) groups is 2. The molecule has 1 aromatic carbocycles. The number of carbonyl (C=O) groups excluding carboxylic acids is 2. The fourth-order valence-corrected chi connectivity index (χ4v) is 29.3. The fourth-order valence-electron chi connectivity index (χ4n) is 29.3. The van der Waals surface area contributed by atoms with Crippen molar-refractivity contribution < 1.29 is 24.2 Å². The zero-order valence-corrected chi connectivity index (χ0v) is 49.8. The molecule has 0 radical (unpaired) electrons. The molecule has 7 heterocycles. The van der Waals surface area contributed by atoms with Gasteiger partial charge in [-0.1, -0.05) is 106 Å². The molecule has 7 aliphatic heterocycles. The molecule has 13 aliphatic carbocycles. The van der Waals surface area contributed by atoms with Crippen LogP contribution >= 0.6 is 0 Å². The van der Waals surface area contributed by atoms with Gasteiger partial charge in [0.2, 0.25) is 0 Å². The Hall–Kier alpha value is -4.06. The van der Waals surface area contributed by atoms with Crippen LogP contribution < -0.4 is 5.73 Å². The number of esters is 2. The van der Waals surface area contributed by atoms with Gasteiger partial charge in [0.15, 0.2) is 11.4 Å². The van der Waals surface area contributed by atoms with Gasteiger partial charge in [0.25, 0.3) is 0 Å². The van der Waals surface area contributed by atoms with Gasteiger partial charge in [-0.2, -0.15) is 0 Å². The van der Waals surface area contributed by atoms with E-state index in [1.807, 2.05) is 0 Å². The summed E-state index contributed by atoms with van der Waals surface area (Å²) in [5, 5.41) is 14.5. The van der Waals surface area contributed by atoms with E-state index >= 15 is 9.59 Å². The van der Waals surface area contributed by atoms with E-state index in [0.29, 0.717) is 108 Å². The summed E-state index contributed by atoms with van der Waals surface area (Å²) >= 11 is 0. The standard InChI is InChI=1S/C75H91N3O5/c1-42-32-48-34-53-46-22-29-70-41-78-57-19-8-16-50-17-9-26-71(50)27-11-28-72(71)39-49(38-69(72)24-5-6-25-69)58(78)37-59(79)66-73-30-23-51-62(64(48)77(65(53)70)40-54(57)56(70)35-46)52(42)33-47-21-20-45(43-12-3-2-4-13-43)36-60(74(73,63(47)51)68(81)82-66)75(73)55-18-7-14-44(15-10-31-76)61(55)67(80)83-75/h7,14,18,20-22,29,42-43,45-47,49-50,52-54,56-58,60,62,65,79H,2-6,9-13,15,17,19,23-28,30-41,76H2,1H3. The third-order valence-corrected chi connectivity index (χ3v) is 31.3. The van der Waals surface area contributed by atoms with Crippen molar-refractivity contribution in [2.24, 2.45) is 115 Å². The predicted octanol–water partition coefficient (Wildman–Crippen LogP) is 14.0. The number of benzene rings is 1. The number of rotatable bonds is 4. The van der Waals surface area contributed by atoms with Gasteiger partial charge in [0, 0.05) is 78.5 Å². The Balaban J connectivity index is 0.877. The molecule has 0 amide bonds. The molecule has 436 valence electrons. The van der Waals surface area contributed by atoms with Crippen LogP contribution in [0.5, 0.6) is 0 Å². The number of nitrogens with two attached hydrogens (primary N) is 1. The Morgan fingerprint density at radius 3 is 2.59 bits per heavy atom. The van der Waals surface area contributed by atoms with Gasteiger partial charge in [-0.15, -0.1) is 5.92 Å². The Labute approximate surface area is 493 Å². The van der Waals surface area contributed by atoms with E-state index in [4.69, 9.17) is 15.2 Å². The van der Waals surface area contributed by atoms with E-state index in [-0.39, 0.29) is 63.9 Å². The highest BCUT2D eigenvalue weighted by molar-refractivity contribution is 6.00. The first-order valence-corrected chi connectivity index (χ1v) is 35.1. The minimum atomic E-state index is -1.17. The summed E-state index contributed by atoms with van der Waals surface area (Å²) in [6, 6.07) is 7.36. The highest BCUT2D eigenvalue weighted by Gasteiger charge is 2.94. The van der Waals surface area contributed by atoms with Crippen LogP contribution in [0, 0.1) is 121 Å². The Morgan fingerprint density at radius 1 is 0.831 bits per heavy atom. The van der Waals surface area contributed by atoms with Crippen molar-refractivity contribution in [1.29, 1.82) is 0 Å². The van der Waals surface area contributed by atoms with E-state index in [1.54, 1.807) is 16.8 Å². The van der Waals surface area contributed by atoms with Crippen LogP contribution in [0.15, 0.2) is 76.4 Å². The van der Waals surface area contributed by atoms with Crippen LogP contribution in [0.1, 0.15) is 202 Å². The molecule has 12 bridgehead atoms. The van der Waals surface area contributed by atoms with Crippen molar-refractivity contribution in [3.05, 3.63) is 93.1 Å². The molecule has 20 aliphatic rings. The monoisotopic (exact) mass is 1110 g/mol. The number of ether oxygens (including phenoxy) is 2. The number of hydrogen-bond acceptors (Lipinski definition) is 8. The van der Waals surface area contributed by atoms with E-state index in [0.717, 1.165) is 56.3 Å². The third kappa shape index (κ3) is 5.46. The highest BCUT2D eigenvalue weighted by atomic mass is 16.6. The van der Waals surface area contributed by atoms with E-state index < -0.39 is 16.4 Å². The molecular weight excluding hydrogens is 1020 g/mol. The number of aliphatic hydroxyl groups is 1. The number of nitrogens with zero attached hydrogens (tertiary/aromatic N) is 2. The largest absolute Gasteiger partial charge is 0.509 e. The summed E-state index contributed by atoms with van der Waals surface area (Å²) in [6.07, 6.45) is 42.8. The second-order valence-electron chi connectivity index (χ2n) is 32.9. The molecule has 7 spiro atoms. The molecule has 7 saturated carbocycles. The van der Waals surface area contributed by atoms with Crippen LogP contribution in [-0.2, 0) is 26.3 Å². The zero-order chi connectivity index (χ0) is 54.9. The molecule has 1 aromatic rings. The Bertz CT molecular complexity index is 3340. The predicted molar refractivity (Wildman–Crippen MR) is 317 cm³/mol. The lowest BCUT2D eigenvalue weighted by Crippen LogP contribution is -2.78. The second kappa shape index (κ2) is 16.6. The second-order valence-corrected chi connectivity index (χ2v) is 32.9. The highest BCUT2D eigenvalue weighted by Crippen LogP contribution is 2.89. The molecule has 3 N–H and O–H groups in total. The van der Waals surface area contributed by atoms with Crippen molar-refractivity contribution in [2.45, 2.75) is 210 Å². The van der Waals surface area contributed by atoms with Crippen LogP contribution in [0.3, 0.4) is 0 Å². The molecule has 83 heavy (non-hydrogen) atoms. The van der Waals surface area contributed by atoms with E-state index in [1.165, 1.54) is 134 Å².